The molecule has 3 atom stereocenters. The summed E-state index contributed by atoms with van der Waals surface area (Å²) in [4.78, 5) is 11.3. The quantitative estimate of drug-likeness (QED) is 0.902. The number of methoxy groups -OCH3 is 1. The largest absolute Gasteiger partial charge is 0.480 e. The normalized spacial score (nSPS) is 27.6. The van der Waals surface area contributed by atoms with Crippen LogP contribution in [0.1, 0.15) is 44.3 Å². The molecule has 0 bridgehead atoms. The Bertz CT molecular complexity index is 465. The van der Waals surface area contributed by atoms with Crippen LogP contribution in [0.3, 0.4) is 0 Å². The number of hydrogen-bond donors (Lipinski definition) is 1. The first kappa shape index (κ1) is 16.2. The van der Waals surface area contributed by atoms with E-state index in [1.807, 2.05) is 7.05 Å². The molecule has 1 aliphatic carbocycles. The molecule has 1 fully saturated rings. The van der Waals surface area contributed by atoms with Gasteiger partial charge in [0.05, 0.1) is 13.2 Å². The third-order valence-electron chi connectivity index (χ3n) is 4.88. The van der Waals surface area contributed by atoms with Crippen molar-refractivity contribution in [3.8, 4) is 5.88 Å². The second-order valence-corrected chi connectivity index (χ2v) is 6.37. The highest BCUT2D eigenvalue weighted by atomic mass is 16.5. The maximum Gasteiger partial charge on any atom is 0.237 e. The molecule has 1 heterocycles. The first-order valence-electron chi connectivity index (χ1n) is 7.74. The summed E-state index contributed by atoms with van der Waals surface area (Å²) in [6.07, 6.45) is 8.31. The number of rotatable bonds is 5. The van der Waals surface area contributed by atoms with Crippen molar-refractivity contribution in [3.05, 3.63) is 18.1 Å². The maximum absolute atomic E-state index is 5.44. The molecule has 1 aromatic rings. The van der Waals surface area contributed by atoms with Crippen molar-refractivity contribution in [2.75, 3.05) is 28.3 Å². The molecule has 3 unspecified atom stereocenters. The predicted molar refractivity (Wildman–Crippen MR) is 84.4 cm³/mol. The molecule has 5 nitrogen and oxygen atoms in total. The first-order chi connectivity index (χ1) is 10.0. The molecule has 2 rings (SSSR count). The minimum absolute atomic E-state index is 0.0513. The van der Waals surface area contributed by atoms with Crippen LogP contribution in [0.4, 0.5) is 0 Å². The topological polar surface area (TPSA) is 50.3 Å². The van der Waals surface area contributed by atoms with E-state index in [1.54, 1.807) is 19.5 Å². The molecule has 0 amide bonds. The zero-order chi connectivity index (χ0) is 15.5. The fourth-order valence-electron chi connectivity index (χ4n) is 3.84. The average molecular weight is 292 g/mol. The number of nitrogens with zero attached hydrogens (tertiary/aromatic N) is 3. The van der Waals surface area contributed by atoms with Gasteiger partial charge in [-0.3, -0.25) is 4.98 Å². The molecule has 1 saturated carbocycles. The second-order valence-electron chi connectivity index (χ2n) is 6.37. The van der Waals surface area contributed by atoms with Gasteiger partial charge in [0.2, 0.25) is 5.88 Å². The van der Waals surface area contributed by atoms with E-state index in [0.717, 1.165) is 24.5 Å². The third kappa shape index (κ3) is 3.04. The fraction of sp³-hybridized carbons (Fsp3) is 0.750. The van der Waals surface area contributed by atoms with Crippen molar-refractivity contribution >= 4 is 0 Å². The lowest BCUT2D eigenvalue weighted by Crippen LogP contribution is -2.55. The Morgan fingerprint density at radius 3 is 2.67 bits per heavy atom. The molecule has 21 heavy (non-hydrogen) atoms. The van der Waals surface area contributed by atoms with Gasteiger partial charge in [-0.15, -0.1) is 0 Å². The third-order valence-corrected chi connectivity index (χ3v) is 4.88. The summed E-state index contributed by atoms with van der Waals surface area (Å²) in [5, 5.41) is 3.48. The van der Waals surface area contributed by atoms with E-state index in [0.29, 0.717) is 5.88 Å². The van der Waals surface area contributed by atoms with E-state index in [-0.39, 0.29) is 11.6 Å². The number of likely N-dealkylation sites (N-methyl/N-ethyl adjacent to an activating group) is 2. The van der Waals surface area contributed by atoms with Gasteiger partial charge < -0.3 is 15.0 Å². The summed E-state index contributed by atoms with van der Waals surface area (Å²) in [5.74, 6) is 1.34. The fourth-order valence-corrected chi connectivity index (χ4v) is 3.84. The van der Waals surface area contributed by atoms with Crippen molar-refractivity contribution in [3.63, 3.8) is 0 Å². The Balaban J connectivity index is 2.45. The number of nitrogens with one attached hydrogen (secondary N) is 1. The van der Waals surface area contributed by atoms with E-state index in [2.05, 4.69) is 41.2 Å². The first-order valence-corrected chi connectivity index (χ1v) is 7.74. The van der Waals surface area contributed by atoms with Crippen molar-refractivity contribution in [1.82, 2.24) is 20.2 Å². The molecule has 0 radical (unpaired) electrons. The zero-order valence-electron chi connectivity index (χ0n) is 13.9. The van der Waals surface area contributed by atoms with E-state index in [4.69, 9.17) is 4.74 Å². The van der Waals surface area contributed by atoms with Crippen molar-refractivity contribution in [2.24, 2.45) is 5.92 Å². The van der Waals surface area contributed by atoms with Crippen LogP contribution in [0.25, 0.3) is 0 Å². The molecule has 1 aliphatic rings. The SMILES string of the molecule is CNC(c1nccnc1OC)C1(N(C)C)CCCC(C)C1. The smallest absolute Gasteiger partial charge is 0.237 e. The monoisotopic (exact) mass is 292 g/mol. The van der Waals surface area contributed by atoms with E-state index in [1.165, 1.54) is 12.8 Å². The van der Waals surface area contributed by atoms with Crippen LogP contribution in [0.15, 0.2) is 12.4 Å². The summed E-state index contributed by atoms with van der Waals surface area (Å²) < 4.78 is 5.44. The van der Waals surface area contributed by atoms with Gasteiger partial charge in [-0.1, -0.05) is 19.8 Å². The molecule has 118 valence electrons. The Hall–Kier alpha value is -1.20. The summed E-state index contributed by atoms with van der Waals surface area (Å²) in [6, 6.07) is 0.110. The molecule has 0 spiro atoms. The van der Waals surface area contributed by atoms with Gasteiger partial charge in [0.15, 0.2) is 0 Å². The molecule has 1 N–H and O–H groups in total. The summed E-state index contributed by atoms with van der Waals surface area (Å²) >= 11 is 0. The predicted octanol–water partition coefficient (Wildman–Crippen LogP) is 2.26. The number of ether oxygens (including phenoxy) is 1. The zero-order valence-corrected chi connectivity index (χ0v) is 13.9. The lowest BCUT2D eigenvalue weighted by molar-refractivity contribution is 0.0368. The van der Waals surface area contributed by atoms with Crippen LogP contribution < -0.4 is 10.1 Å². The van der Waals surface area contributed by atoms with E-state index >= 15 is 0 Å². The molecule has 0 aliphatic heterocycles. The molecular weight excluding hydrogens is 264 g/mol. The number of aromatic nitrogens is 2. The van der Waals surface area contributed by atoms with Crippen LogP contribution in [-0.4, -0.2) is 48.7 Å². The Morgan fingerprint density at radius 1 is 1.38 bits per heavy atom. The van der Waals surface area contributed by atoms with Crippen LogP contribution in [0, 0.1) is 5.92 Å². The number of hydrogen-bond acceptors (Lipinski definition) is 5. The highest BCUT2D eigenvalue weighted by molar-refractivity contribution is 5.26. The van der Waals surface area contributed by atoms with Crippen LogP contribution in [0.2, 0.25) is 0 Å². The van der Waals surface area contributed by atoms with Crippen molar-refractivity contribution < 1.29 is 4.74 Å². The minimum Gasteiger partial charge on any atom is -0.480 e. The van der Waals surface area contributed by atoms with Gasteiger partial charge in [0.1, 0.15) is 5.69 Å². The molecule has 0 saturated heterocycles. The Morgan fingerprint density at radius 2 is 2.10 bits per heavy atom. The summed E-state index contributed by atoms with van der Waals surface area (Å²) in [7, 11) is 8.01. The summed E-state index contributed by atoms with van der Waals surface area (Å²) in [6.45, 7) is 2.35. The Labute approximate surface area is 128 Å². The van der Waals surface area contributed by atoms with Gasteiger partial charge in [-0.05, 0) is 39.9 Å². The van der Waals surface area contributed by atoms with Gasteiger partial charge in [-0.2, -0.15) is 0 Å². The highest BCUT2D eigenvalue weighted by Gasteiger charge is 2.45. The minimum atomic E-state index is 0.0513. The lowest BCUT2D eigenvalue weighted by Gasteiger charge is -2.49. The van der Waals surface area contributed by atoms with Gasteiger partial charge in [0, 0.05) is 17.9 Å². The molecule has 1 aromatic heterocycles. The van der Waals surface area contributed by atoms with E-state index in [9.17, 15) is 0 Å². The average Bonchev–Trinajstić information content (AvgIpc) is 2.48. The van der Waals surface area contributed by atoms with Gasteiger partial charge in [-0.25, -0.2) is 4.98 Å². The van der Waals surface area contributed by atoms with Crippen molar-refractivity contribution in [1.29, 1.82) is 0 Å². The van der Waals surface area contributed by atoms with Crippen LogP contribution in [0.5, 0.6) is 5.88 Å². The molecule has 0 aromatic carbocycles. The van der Waals surface area contributed by atoms with Crippen LogP contribution in [-0.2, 0) is 0 Å². The molecule has 5 heteroatoms. The highest BCUT2D eigenvalue weighted by Crippen LogP contribution is 2.44. The van der Waals surface area contributed by atoms with E-state index < -0.39 is 0 Å². The molecular formula is C16H28N4O. The Kier molecular flexibility index (Phi) is 5.17. The standard InChI is InChI=1S/C16H28N4O/c1-12-7-6-8-16(11-12,20(3)4)14(17-2)13-15(21-5)19-10-9-18-13/h9-10,12,14,17H,6-8,11H2,1-5H3. The lowest BCUT2D eigenvalue weighted by atomic mass is 9.70. The second kappa shape index (κ2) is 6.71. The van der Waals surface area contributed by atoms with Crippen LogP contribution >= 0.6 is 0 Å². The van der Waals surface area contributed by atoms with Gasteiger partial charge in [0.25, 0.3) is 0 Å². The van der Waals surface area contributed by atoms with Crippen molar-refractivity contribution in [2.45, 2.75) is 44.2 Å². The maximum atomic E-state index is 5.44. The summed E-state index contributed by atoms with van der Waals surface area (Å²) in [5.41, 5.74) is 0.959. The van der Waals surface area contributed by atoms with Gasteiger partial charge >= 0.3 is 0 Å².